The van der Waals surface area contributed by atoms with Gasteiger partial charge in [-0.3, -0.25) is 0 Å². The number of hydrogen-bond acceptors (Lipinski definition) is 3. The van der Waals surface area contributed by atoms with Gasteiger partial charge in [0.05, 0.1) is 4.47 Å². The van der Waals surface area contributed by atoms with Gasteiger partial charge in [-0.1, -0.05) is 34.1 Å². The molecule has 2 aromatic carbocycles. The van der Waals surface area contributed by atoms with Gasteiger partial charge in [-0.15, -0.1) is 0 Å². The molecule has 0 saturated heterocycles. The van der Waals surface area contributed by atoms with Crippen LogP contribution in [0.3, 0.4) is 0 Å². The van der Waals surface area contributed by atoms with Gasteiger partial charge in [0.1, 0.15) is 5.75 Å². The first-order valence-electron chi connectivity index (χ1n) is 6.38. The second-order valence-corrected chi connectivity index (χ2v) is 6.29. The second-order valence-electron chi connectivity index (χ2n) is 4.52. The van der Waals surface area contributed by atoms with Crippen molar-refractivity contribution < 1.29 is 4.74 Å². The van der Waals surface area contributed by atoms with Gasteiger partial charge < -0.3 is 10.5 Å². The molecule has 0 fully saturated rings. The number of aromatic nitrogens is 1. The van der Waals surface area contributed by atoms with Gasteiger partial charge in [-0.25, -0.2) is 4.98 Å². The largest absolute Gasteiger partial charge is 0.437 e. The summed E-state index contributed by atoms with van der Waals surface area (Å²) in [7, 11) is 0. The van der Waals surface area contributed by atoms with Crippen LogP contribution in [0.15, 0.2) is 57.6 Å². The summed E-state index contributed by atoms with van der Waals surface area (Å²) < 4.78 is 7.81. The molecule has 3 nitrogen and oxygen atoms in total. The minimum Gasteiger partial charge on any atom is -0.437 e. The molecular formula is C16H12Br2N2O. The molecule has 3 aromatic rings. The van der Waals surface area contributed by atoms with Crippen molar-refractivity contribution in [3.8, 4) is 11.6 Å². The number of benzene rings is 2. The molecule has 0 aliphatic heterocycles. The Kier molecular flexibility index (Phi) is 4.24. The van der Waals surface area contributed by atoms with Crippen molar-refractivity contribution >= 4 is 42.6 Å². The third-order valence-electron chi connectivity index (χ3n) is 3.16. The van der Waals surface area contributed by atoms with Crippen LogP contribution in [0.4, 0.5) is 0 Å². The molecule has 0 saturated carbocycles. The van der Waals surface area contributed by atoms with Crippen molar-refractivity contribution in [3.63, 3.8) is 0 Å². The average molecular weight is 408 g/mol. The highest BCUT2D eigenvalue weighted by Crippen LogP contribution is 2.34. The summed E-state index contributed by atoms with van der Waals surface area (Å²) in [5.41, 5.74) is 6.77. The summed E-state index contributed by atoms with van der Waals surface area (Å²) in [6, 6.07) is 13.7. The average Bonchev–Trinajstić information content (AvgIpc) is 2.50. The normalized spacial score (nSPS) is 10.8. The summed E-state index contributed by atoms with van der Waals surface area (Å²) in [5, 5.41) is 2.02. The van der Waals surface area contributed by atoms with Crippen LogP contribution in [0.1, 0.15) is 5.56 Å². The predicted molar refractivity (Wildman–Crippen MR) is 91.6 cm³/mol. The van der Waals surface area contributed by atoms with E-state index in [0.717, 1.165) is 31.0 Å². The molecule has 0 atom stereocenters. The third kappa shape index (κ3) is 2.95. The van der Waals surface area contributed by atoms with Crippen LogP contribution in [0, 0.1) is 0 Å². The molecule has 0 spiro atoms. The van der Waals surface area contributed by atoms with Crippen LogP contribution >= 0.6 is 31.9 Å². The van der Waals surface area contributed by atoms with Crippen molar-refractivity contribution in [2.75, 3.05) is 0 Å². The van der Waals surface area contributed by atoms with Gasteiger partial charge >= 0.3 is 0 Å². The zero-order chi connectivity index (χ0) is 14.8. The number of fused-ring (bicyclic) bond motifs is 1. The van der Waals surface area contributed by atoms with Gasteiger partial charge in [-0.2, -0.15) is 0 Å². The topological polar surface area (TPSA) is 48.1 Å². The minimum absolute atomic E-state index is 0.454. The van der Waals surface area contributed by atoms with E-state index in [0.29, 0.717) is 12.4 Å². The molecule has 1 aromatic heterocycles. The highest BCUT2D eigenvalue weighted by molar-refractivity contribution is 9.11. The number of halogens is 2. The molecule has 2 N–H and O–H groups in total. The number of hydrogen-bond donors (Lipinski definition) is 1. The molecule has 106 valence electrons. The zero-order valence-electron chi connectivity index (χ0n) is 11.0. The maximum atomic E-state index is 5.96. The number of rotatable bonds is 3. The van der Waals surface area contributed by atoms with E-state index in [2.05, 4.69) is 36.8 Å². The Bertz CT molecular complexity index is 805. The molecule has 0 unspecified atom stereocenters. The van der Waals surface area contributed by atoms with E-state index in [4.69, 9.17) is 10.5 Å². The Morgan fingerprint density at radius 3 is 2.52 bits per heavy atom. The Morgan fingerprint density at radius 2 is 1.81 bits per heavy atom. The van der Waals surface area contributed by atoms with Gasteiger partial charge in [0.15, 0.2) is 0 Å². The van der Waals surface area contributed by atoms with E-state index in [-0.39, 0.29) is 0 Å². The number of pyridine rings is 1. The molecule has 5 heteroatoms. The van der Waals surface area contributed by atoms with Crippen LogP contribution in [0.2, 0.25) is 0 Å². The zero-order valence-corrected chi connectivity index (χ0v) is 14.2. The molecule has 0 aliphatic rings. The van der Waals surface area contributed by atoms with Crippen molar-refractivity contribution in [2.24, 2.45) is 5.73 Å². The third-order valence-corrected chi connectivity index (χ3v) is 4.27. The Balaban J connectivity index is 2.09. The lowest BCUT2D eigenvalue weighted by molar-refractivity contribution is 0.466. The summed E-state index contributed by atoms with van der Waals surface area (Å²) in [4.78, 5) is 4.40. The van der Waals surface area contributed by atoms with E-state index < -0.39 is 0 Å². The molecule has 0 aliphatic carbocycles. The van der Waals surface area contributed by atoms with Crippen molar-refractivity contribution in [2.45, 2.75) is 6.54 Å². The van der Waals surface area contributed by atoms with Crippen molar-refractivity contribution in [1.29, 1.82) is 0 Å². The van der Waals surface area contributed by atoms with E-state index in [1.807, 2.05) is 42.5 Å². The van der Waals surface area contributed by atoms with Gasteiger partial charge in [-0.05, 0) is 51.1 Å². The van der Waals surface area contributed by atoms with Crippen LogP contribution in [-0.4, -0.2) is 4.98 Å². The fourth-order valence-electron chi connectivity index (χ4n) is 2.13. The first kappa shape index (κ1) is 14.5. The van der Waals surface area contributed by atoms with E-state index in [1.165, 1.54) is 0 Å². The predicted octanol–water partition coefficient (Wildman–Crippen LogP) is 5.01. The fourth-order valence-corrected chi connectivity index (χ4v) is 3.26. The fraction of sp³-hybridized carbons (Fsp3) is 0.0625. The smallest absolute Gasteiger partial charge is 0.227 e. The van der Waals surface area contributed by atoms with E-state index in [1.54, 1.807) is 6.20 Å². The van der Waals surface area contributed by atoms with E-state index >= 15 is 0 Å². The van der Waals surface area contributed by atoms with Gasteiger partial charge in [0, 0.05) is 22.6 Å². The second kappa shape index (κ2) is 6.13. The maximum absolute atomic E-state index is 5.96. The Hall–Kier alpha value is -1.43. The molecule has 0 amide bonds. The van der Waals surface area contributed by atoms with Crippen molar-refractivity contribution in [1.82, 2.24) is 4.98 Å². The van der Waals surface area contributed by atoms with Gasteiger partial charge in [0.2, 0.25) is 5.88 Å². The lowest BCUT2D eigenvalue weighted by Gasteiger charge is -2.11. The Labute approximate surface area is 139 Å². The molecule has 1 heterocycles. The first-order chi connectivity index (χ1) is 10.2. The lowest BCUT2D eigenvalue weighted by Crippen LogP contribution is -2.00. The first-order valence-corrected chi connectivity index (χ1v) is 7.97. The molecular weight excluding hydrogens is 396 g/mol. The number of nitrogens with zero attached hydrogens (tertiary/aromatic N) is 1. The minimum atomic E-state index is 0.454. The maximum Gasteiger partial charge on any atom is 0.227 e. The molecule has 0 radical (unpaired) electrons. The number of ether oxygens (including phenoxy) is 1. The quantitative estimate of drug-likeness (QED) is 0.663. The lowest BCUT2D eigenvalue weighted by atomic mass is 10.1. The van der Waals surface area contributed by atoms with Crippen LogP contribution in [-0.2, 0) is 6.54 Å². The van der Waals surface area contributed by atoms with Crippen molar-refractivity contribution in [3.05, 3.63) is 63.2 Å². The highest BCUT2D eigenvalue weighted by atomic mass is 79.9. The van der Waals surface area contributed by atoms with Crippen LogP contribution in [0.5, 0.6) is 11.6 Å². The summed E-state index contributed by atoms with van der Waals surface area (Å²) in [6.07, 6.45) is 1.77. The number of nitrogens with two attached hydrogens (primary N) is 1. The molecule has 21 heavy (non-hydrogen) atoms. The van der Waals surface area contributed by atoms with E-state index in [9.17, 15) is 0 Å². The molecule has 3 rings (SSSR count). The summed E-state index contributed by atoms with van der Waals surface area (Å²) in [5.74, 6) is 1.29. The van der Waals surface area contributed by atoms with Crippen LogP contribution < -0.4 is 10.5 Å². The molecule has 0 bridgehead atoms. The SMILES string of the molecule is NCc1cnc(Oc2ccc(Br)cc2Br)c2ccccc12. The summed E-state index contributed by atoms with van der Waals surface area (Å²) in [6.45, 7) is 0.454. The van der Waals surface area contributed by atoms with Gasteiger partial charge in [0.25, 0.3) is 0 Å². The van der Waals surface area contributed by atoms with Crippen LogP contribution in [0.25, 0.3) is 10.8 Å². The monoisotopic (exact) mass is 406 g/mol. The summed E-state index contributed by atoms with van der Waals surface area (Å²) >= 11 is 6.92. The highest BCUT2D eigenvalue weighted by Gasteiger charge is 2.10. The standard InChI is InChI=1S/C16H12Br2N2O/c17-11-5-6-15(14(18)7-11)21-16-13-4-2-1-3-12(13)10(8-19)9-20-16/h1-7,9H,8,19H2. The Morgan fingerprint density at radius 1 is 1.05 bits per heavy atom.